The highest BCUT2D eigenvalue weighted by Crippen LogP contribution is 2.20. The molecule has 1 aromatic rings. The van der Waals surface area contributed by atoms with Crippen molar-refractivity contribution in [3.63, 3.8) is 0 Å². The number of rotatable bonds is 8. The quantitative estimate of drug-likeness (QED) is 0.521. The monoisotopic (exact) mass is 399 g/mol. The molecule has 5 nitrogen and oxygen atoms in total. The first-order chi connectivity index (χ1) is 14.1. The van der Waals surface area contributed by atoms with Crippen molar-refractivity contribution in [3.05, 3.63) is 35.9 Å². The van der Waals surface area contributed by atoms with Crippen molar-refractivity contribution in [3.8, 4) is 0 Å². The molecule has 2 heterocycles. The van der Waals surface area contributed by atoms with Gasteiger partial charge in [0.05, 0.1) is 0 Å². The van der Waals surface area contributed by atoms with Gasteiger partial charge in [-0.2, -0.15) is 0 Å². The number of piperidine rings is 1. The molecular weight excluding hydrogens is 358 g/mol. The van der Waals surface area contributed by atoms with E-state index in [2.05, 4.69) is 69.6 Å². The standard InChI is InChI=1S/C24H41N5/c1-24(2,29-14-8-5-9-15-29)20-27-23(25-3)26-18-22-13-17-28(19-22)16-12-21-10-6-4-7-11-21/h4,6-7,10-11,22H,5,8-9,12-20H2,1-3H3,(H2,25,26,27). The Hall–Kier alpha value is -1.59. The molecule has 0 aromatic heterocycles. The molecule has 0 aliphatic carbocycles. The molecule has 0 bridgehead atoms. The van der Waals surface area contributed by atoms with Gasteiger partial charge >= 0.3 is 0 Å². The van der Waals surface area contributed by atoms with E-state index in [9.17, 15) is 0 Å². The fourth-order valence-corrected chi connectivity index (χ4v) is 4.59. The third-order valence-corrected chi connectivity index (χ3v) is 6.61. The van der Waals surface area contributed by atoms with Crippen molar-refractivity contribution in [2.45, 2.75) is 51.5 Å². The number of nitrogens with one attached hydrogen (secondary N) is 2. The van der Waals surface area contributed by atoms with Crippen LogP contribution < -0.4 is 10.6 Å². The number of hydrogen-bond donors (Lipinski definition) is 2. The first-order valence-electron chi connectivity index (χ1n) is 11.5. The maximum absolute atomic E-state index is 4.45. The number of benzene rings is 1. The highest BCUT2D eigenvalue weighted by Gasteiger charge is 2.28. The topological polar surface area (TPSA) is 42.9 Å². The number of likely N-dealkylation sites (tertiary alicyclic amines) is 2. The summed E-state index contributed by atoms with van der Waals surface area (Å²) < 4.78 is 0. The molecule has 2 N–H and O–H groups in total. The Labute approximate surface area is 178 Å². The van der Waals surface area contributed by atoms with Crippen LogP contribution in [0.1, 0.15) is 45.1 Å². The molecule has 0 spiro atoms. The van der Waals surface area contributed by atoms with E-state index in [-0.39, 0.29) is 5.54 Å². The molecule has 2 aliphatic rings. The van der Waals surface area contributed by atoms with Gasteiger partial charge in [0.2, 0.25) is 0 Å². The zero-order valence-corrected chi connectivity index (χ0v) is 18.8. The fraction of sp³-hybridized carbons (Fsp3) is 0.708. The molecule has 29 heavy (non-hydrogen) atoms. The van der Waals surface area contributed by atoms with Crippen LogP contribution in [-0.4, -0.2) is 74.2 Å². The average Bonchev–Trinajstić information content (AvgIpc) is 3.21. The summed E-state index contributed by atoms with van der Waals surface area (Å²) in [5.74, 6) is 1.65. The lowest BCUT2D eigenvalue weighted by atomic mass is 9.98. The Morgan fingerprint density at radius 1 is 1.07 bits per heavy atom. The minimum Gasteiger partial charge on any atom is -0.356 e. The first-order valence-corrected chi connectivity index (χ1v) is 11.5. The van der Waals surface area contributed by atoms with Crippen LogP contribution in [0.5, 0.6) is 0 Å². The summed E-state index contributed by atoms with van der Waals surface area (Å²) in [7, 11) is 1.88. The number of nitrogens with zero attached hydrogens (tertiary/aromatic N) is 3. The number of hydrogen-bond acceptors (Lipinski definition) is 3. The molecule has 3 rings (SSSR count). The summed E-state index contributed by atoms with van der Waals surface area (Å²) in [6.45, 7) is 12.6. The van der Waals surface area contributed by atoms with Gasteiger partial charge in [-0.05, 0) is 70.6 Å². The number of guanidine groups is 1. The molecule has 2 fully saturated rings. The molecule has 162 valence electrons. The predicted octanol–water partition coefficient (Wildman–Crippen LogP) is 2.98. The molecule has 1 atom stereocenters. The molecule has 2 saturated heterocycles. The van der Waals surface area contributed by atoms with Crippen molar-refractivity contribution in [2.75, 3.05) is 52.9 Å². The zero-order valence-electron chi connectivity index (χ0n) is 18.8. The van der Waals surface area contributed by atoms with Gasteiger partial charge in [0.15, 0.2) is 5.96 Å². The van der Waals surface area contributed by atoms with E-state index in [1.165, 1.54) is 57.4 Å². The summed E-state index contributed by atoms with van der Waals surface area (Å²) in [6.07, 6.45) is 6.47. The largest absolute Gasteiger partial charge is 0.356 e. The molecule has 1 aromatic carbocycles. The molecule has 0 radical (unpaired) electrons. The van der Waals surface area contributed by atoms with Gasteiger partial charge in [0.1, 0.15) is 0 Å². The van der Waals surface area contributed by atoms with Crippen LogP contribution in [0.2, 0.25) is 0 Å². The van der Waals surface area contributed by atoms with Gasteiger partial charge in [-0.1, -0.05) is 36.8 Å². The summed E-state index contributed by atoms with van der Waals surface area (Å²) in [5, 5.41) is 7.15. The fourth-order valence-electron chi connectivity index (χ4n) is 4.59. The van der Waals surface area contributed by atoms with Gasteiger partial charge in [-0.3, -0.25) is 9.89 Å². The van der Waals surface area contributed by atoms with E-state index >= 15 is 0 Å². The third kappa shape index (κ3) is 7.00. The molecular formula is C24H41N5. The van der Waals surface area contributed by atoms with Crippen LogP contribution in [0.15, 0.2) is 35.3 Å². The molecule has 5 heteroatoms. The van der Waals surface area contributed by atoms with E-state index in [4.69, 9.17) is 0 Å². The lowest BCUT2D eigenvalue weighted by molar-refractivity contribution is 0.0982. The average molecular weight is 400 g/mol. The van der Waals surface area contributed by atoms with Crippen molar-refractivity contribution in [1.29, 1.82) is 0 Å². The lowest BCUT2D eigenvalue weighted by Crippen LogP contribution is -2.55. The van der Waals surface area contributed by atoms with Crippen LogP contribution in [0.4, 0.5) is 0 Å². The SMILES string of the molecule is CN=C(NCC1CCN(CCc2ccccc2)C1)NCC(C)(C)N1CCCCC1. The smallest absolute Gasteiger partial charge is 0.191 e. The van der Waals surface area contributed by atoms with Gasteiger partial charge in [0, 0.05) is 38.8 Å². The third-order valence-electron chi connectivity index (χ3n) is 6.61. The van der Waals surface area contributed by atoms with Crippen molar-refractivity contribution in [1.82, 2.24) is 20.4 Å². The van der Waals surface area contributed by atoms with E-state index in [1.54, 1.807) is 0 Å². The second-order valence-corrected chi connectivity index (χ2v) is 9.36. The van der Waals surface area contributed by atoms with Gasteiger partial charge < -0.3 is 15.5 Å². The van der Waals surface area contributed by atoms with E-state index in [0.29, 0.717) is 5.92 Å². The van der Waals surface area contributed by atoms with Crippen LogP contribution >= 0.6 is 0 Å². The minimum absolute atomic E-state index is 0.166. The predicted molar refractivity (Wildman–Crippen MR) is 124 cm³/mol. The zero-order chi connectivity index (χ0) is 20.5. The van der Waals surface area contributed by atoms with Crippen LogP contribution in [-0.2, 0) is 6.42 Å². The Balaban J connectivity index is 1.35. The van der Waals surface area contributed by atoms with Gasteiger partial charge in [-0.25, -0.2) is 0 Å². The lowest BCUT2D eigenvalue weighted by Gasteiger charge is -2.41. The molecule has 2 aliphatic heterocycles. The Bertz CT molecular complexity index is 621. The van der Waals surface area contributed by atoms with E-state index in [0.717, 1.165) is 32.0 Å². The van der Waals surface area contributed by atoms with E-state index < -0.39 is 0 Å². The first kappa shape index (κ1) is 22.1. The Kier molecular flexibility index (Phi) is 8.37. The highest BCUT2D eigenvalue weighted by molar-refractivity contribution is 5.79. The van der Waals surface area contributed by atoms with Crippen molar-refractivity contribution in [2.24, 2.45) is 10.9 Å². The van der Waals surface area contributed by atoms with Crippen LogP contribution in [0.25, 0.3) is 0 Å². The van der Waals surface area contributed by atoms with Crippen LogP contribution in [0, 0.1) is 5.92 Å². The van der Waals surface area contributed by atoms with Gasteiger partial charge in [0.25, 0.3) is 0 Å². The Morgan fingerprint density at radius 2 is 1.83 bits per heavy atom. The van der Waals surface area contributed by atoms with Crippen molar-refractivity contribution < 1.29 is 0 Å². The second-order valence-electron chi connectivity index (χ2n) is 9.36. The molecule has 0 amide bonds. The molecule has 1 unspecified atom stereocenters. The summed E-state index contributed by atoms with van der Waals surface area (Å²) in [6, 6.07) is 10.8. The normalized spacial score (nSPS) is 22.0. The summed E-state index contributed by atoms with van der Waals surface area (Å²) >= 11 is 0. The summed E-state index contributed by atoms with van der Waals surface area (Å²) in [5.41, 5.74) is 1.61. The maximum Gasteiger partial charge on any atom is 0.191 e. The summed E-state index contributed by atoms with van der Waals surface area (Å²) in [4.78, 5) is 9.68. The maximum atomic E-state index is 4.45. The van der Waals surface area contributed by atoms with E-state index in [1.807, 2.05) is 7.05 Å². The van der Waals surface area contributed by atoms with Gasteiger partial charge in [-0.15, -0.1) is 0 Å². The highest BCUT2D eigenvalue weighted by atomic mass is 15.2. The van der Waals surface area contributed by atoms with Crippen LogP contribution in [0.3, 0.4) is 0 Å². The van der Waals surface area contributed by atoms with Crippen molar-refractivity contribution >= 4 is 5.96 Å². The Morgan fingerprint density at radius 3 is 2.55 bits per heavy atom. The molecule has 0 saturated carbocycles. The second kappa shape index (κ2) is 11.0. The minimum atomic E-state index is 0.166. The number of aliphatic imine (C=N–C) groups is 1.